The first-order valence-electron chi connectivity index (χ1n) is 6.70. The van der Waals surface area contributed by atoms with Crippen molar-refractivity contribution in [3.8, 4) is 0 Å². The molecule has 12 heteroatoms. The average molecular weight is 371 g/mol. The minimum absolute atomic E-state index is 0.0945. The number of aromatic nitrogens is 2. The third-order valence-corrected chi connectivity index (χ3v) is 3.31. The SMILES string of the molecule is CCN(CC)c1c(C)c(C(F)(F)F)nn1C(C(F)(F)F)C(F)(F)F. The Morgan fingerprint density at radius 1 is 0.917 bits per heavy atom. The van der Waals surface area contributed by atoms with Gasteiger partial charge in [-0.3, -0.25) is 0 Å². The lowest BCUT2D eigenvalue weighted by atomic mass is 10.2. The minimum Gasteiger partial charge on any atom is -0.357 e. The van der Waals surface area contributed by atoms with Crippen molar-refractivity contribution >= 4 is 5.82 Å². The molecule has 0 saturated carbocycles. The first-order chi connectivity index (χ1) is 10.7. The van der Waals surface area contributed by atoms with Crippen LogP contribution in [0.25, 0.3) is 0 Å². The highest BCUT2D eigenvalue weighted by Gasteiger charge is 2.60. The van der Waals surface area contributed by atoms with Gasteiger partial charge in [0.1, 0.15) is 5.82 Å². The van der Waals surface area contributed by atoms with E-state index in [-0.39, 0.29) is 13.1 Å². The van der Waals surface area contributed by atoms with Crippen LogP contribution < -0.4 is 4.90 Å². The number of rotatable bonds is 4. The summed E-state index contributed by atoms with van der Waals surface area (Å²) in [6.07, 6.45) is -16.9. The zero-order valence-corrected chi connectivity index (χ0v) is 12.7. The molecule has 0 aliphatic heterocycles. The van der Waals surface area contributed by atoms with Crippen LogP contribution in [-0.4, -0.2) is 35.2 Å². The molecule has 0 fully saturated rings. The van der Waals surface area contributed by atoms with Crippen LogP contribution in [0.2, 0.25) is 0 Å². The van der Waals surface area contributed by atoms with Gasteiger partial charge in [-0.05, 0) is 20.8 Å². The second-order valence-electron chi connectivity index (χ2n) is 4.90. The second kappa shape index (κ2) is 6.36. The highest BCUT2D eigenvalue weighted by atomic mass is 19.4. The van der Waals surface area contributed by atoms with E-state index in [0.29, 0.717) is 0 Å². The van der Waals surface area contributed by atoms with Gasteiger partial charge in [-0.15, -0.1) is 0 Å². The highest BCUT2D eigenvalue weighted by Crippen LogP contribution is 2.46. The van der Waals surface area contributed by atoms with Gasteiger partial charge in [0.05, 0.1) is 0 Å². The molecule has 1 rings (SSSR count). The van der Waals surface area contributed by atoms with Gasteiger partial charge in [0.15, 0.2) is 5.69 Å². The lowest BCUT2D eigenvalue weighted by Gasteiger charge is -2.29. The van der Waals surface area contributed by atoms with Crippen molar-refractivity contribution in [1.82, 2.24) is 9.78 Å². The van der Waals surface area contributed by atoms with Gasteiger partial charge < -0.3 is 4.90 Å². The molecule has 0 bridgehead atoms. The number of nitrogens with zero attached hydrogens (tertiary/aromatic N) is 3. The van der Waals surface area contributed by atoms with Gasteiger partial charge >= 0.3 is 18.5 Å². The van der Waals surface area contributed by atoms with E-state index >= 15 is 0 Å². The Labute approximate surface area is 131 Å². The monoisotopic (exact) mass is 371 g/mol. The maximum Gasteiger partial charge on any atom is 0.435 e. The molecular weight excluding hydrogens is 357 g/mol. The third-order valence-electron chi connectivity index (χ3n) is 3.31. The van der Waals surface area contributed by atoms with Crippen molar-refractivity contribution < 1.29 is 39.5 Å². The van der Waals surface area contributed by atoms with Crippen molar-refractivity contribution in [2.45, 2.75) is 45.3 Å². The Morgan fingerprint density at radius 2 is 1.33 bits per heavy atom. The third kappa shape index (κ3) is 3.89. The van der Waals surface area contributed by atoms with E-state index in [1.54, 1.807) is 0 Å². The van der Waals surface area contributed by atoms with Crippen LogP contribution in [0.4, 0.5) is 45.3 Å². The highest BCUT2D eigenvalue weighted by molar-refractivity contribution is 5.51. The van der Waals surface area contributed by atoms with Gasteiger partial charge in [0, 0.05) is 18.7 Å². The zero-order chi connectivity index (χ0) is 19.1. The molecule has 0 aromatic carbocycles. The molecule has 140 valence electrons. The maximum absolute atomic E-state index is 12.9. The average Bonchev–Trinajstić information content (AvgIpc) is 2.66. The molecule has 1 aromatic rings. The van der Waals surface area contributed by atoms with Gasteiger partial charge in [0.25, 0.3) is 0 Å². The summed E-state index contributed by atoms with van der Waals surface area (Å²) in [6.45, 7) is 3.39. The Morgan fingerprint density at radius 3 is 1.62 bits per heavy atom. The Hall–Kier alpha value is -1.62. The van der Waals surface area contributed by atoms with Crippen LogP contribution in [0.1, 0.15) is 31.1 Å². The van der Waals surface area contributed by atoms with Crippen LogP contribution in [0.3, 0.4) is 0 Å². The van der Waals surface area contributed by atoms with E-state index in [9.17, 15) is 39.5 Å². The van der Waals surface area contributed by atoms with E-state index in [1.165, 1.54) is 13.8 Å². The van der Waals surface area contributed by atoms with Crippen molar-refractivity contribution in [2.24, 2.45) is 0 Å². The number of halogens is 9. The fraction of sp³-hybridized carbons (Fsp3) is 0.750. The van der Waals surface area contributed by atoms with E-state index in [0.717, 1.165) is 11.8 Å². The Bertz CT molecular complexity index is 550. The number of hydrogen-bond acceptors (Lipinski definition) is 2. The summed E-state index contributed by atoms with van der Waals surface area (Å²) in [4.78, 5) is 0.960. The summed E-state index contributed by atoms with van der Waals surface area (Å²) in [7, 11) is 0. The normalized spacial score (nSPS) is 13.7. The summed E-state index contributed by atoms with van der Waals surface area (Å²) in [6, 6.07) is -4.17. The van der Waals surface area contributed by atoms with Gasteiger partial charge in [-0.25, -0.2) is 4.68 Å². The molecular formula is C12H14F9N3. The lowest BCUT2D eigenvalue weighted by Crippen LogP contribution is -2.41. The second-order valence-corrected chi connectivity index (χ2v) is 4.90. The molecule has 0 aliphatic rings. The van der Waals surface area contributed by atoms with Crippen molar-refractivity contribution in [3.63, 3.8) is 0 Å². The van der Waals surface area contributed by atoms with Crippen LogP contribution >= 0.6 is 0 Å². The first kappa shape index (κ1) is 20.4. The van der Waals surface area contributed by atoms with Gasteiger partial charge in [-0.1, -0.05) is 0 Å². The molecule has 3 nitrogen and oxygen atoms in total. The minimum atomic E-state index is -5.86. The molecule has 0 atom stereocenters. The summed E-state index contributed by atoms with van der Waals surface area (Å²) < 4.78 is 116. The summed E-state index contributed by atoms with van der Waals surface area (Å²) in [5.41, 5.74) is -2.56. The molecule has 0 spiro atoms. The summed E-state index contributed by atoms with van der Waals surface area (Å²) in [5.74, 6) is -0.855. The fourth-order valence-corrected chi connectivity index (χ4v) is 2.33. The first-order valence-corrected chi connectivity index (χ1v) is 6.70. The van der Waals surface area contributed by atoms with Crippen molar-refractivity contribution in [1.29, 1.82) is 0 Å². The van der Waals surface area contributed by atoms with Crippen LogP contribution in [0.5, 0.6) is 0 Å². The summed E-state index contributed by atoms with van der Waals surface area (Å²) in [5, 5.41) is 2.64. The molecule has 0 N–H and O–H groups in total. The van der Waals surface area contributed by atoms with Gasteiger partial charge in [-0.2, -0.15) is 44.6 Å². The number of hydrogen-bond donors (Lipinski definition) is 0. The van der Waals surface area contributed by atoms with E-state index in [2.05, 4.69) is 5.10 Å². The Balaban J connectivity index is 3.78. The molecule has 1 heterocycles. The molecule has 0 unspecified atom stereocenters. The largest absolute Gasteiger partial charge is 0.435 e. The Kier molecular flexibility index (Phi) is 5.41. The zero-order valence-electron chi connectivity index (χ0n) is 12.7. The maximum atomic E-state index is 12.9. The van der Waals surface area contributed by atoms with Crippen LogP contribution in [-0.2, 0) is 6.18 Å². The smallest absolute Gasteiger partial charge is 0.357 e. The quantitative estimate of drug-likeness (QED) is 0.714. The summed E-state index contributed by atoms with van der Waals surface area (Å²) >= 11 is 0. The van der Waals surface area contributed by atoms with Crippen molar-refractivity contribution in [3.05, 3.63) is 11.3 Å². The molecule has 24 heavy (non-hydrogen) atoms. The van der Waals surface area contributed by atoms with E-state index in [1.807, 2.05) is 0 Å². The van der Waals surface area contributed by atoms with Gasteiger partial charge in [0.2, 0.25) is 6.04 Å². The number of anilines is 1. The fourth-order valence-electron chi connectivity index (χ4n) is 2.33. The molecule has 0 saturated heterocycles. The molecule has 1 aromatic heterocycles. The predicted molar refractivity (Wildman–Crippen MR) is 66.7 cm³/mol. The molecule has 0 aliphatic carbocycles. The molecule has 0 amide bonds. The standard InChI is InChI=1S/C12H14F9N3/c1-4-23(5-2)8-6(3)7(10(13,14)15)22-24(8)9(11(16,17)18)12(19,20)21/h9H,4-5H2,1-3H3. The van der Waals surface area contributed by atoms with E-state index < -0.39 is 46.3 Å². The molecule has 0 radical (unpaired) electrons. The van der Waals surface area contributed by atoms with Crippen LogP contribution in [0, 0.1) is 6.92 Å². The lowest BCUT2D eigenvalue weighted by molar-refractivity contribution is -0.276. The van der Waals surface area contributed by atoms with E-state index in [4.69, 9.17) is 0 Å². The van der Waals surface area contributed by atoms with Crippen LogP contribution in [0.15, 0.2) is 0 Å². The topological polar surface area (TPSA) is 21.1 Å². The number of alkyl halides is 9. The predicted octanol–water partition coefficient (Wildman–Crippen LogP) is 4.72. The van der Waals surface area contributed by atoms with Crippen molar-refractivity contribution in [2.75, 3.05) is 18.0 Å².